The Labute approximate surface area is 144 Å². The van der Waals surface area contributed by atoms with Crippen molar-refractivity contribution in [3.63, 3.8) is 0 Å². The van der Waals surface area contributed by atoms with E-state index in [4.69, 9.17) is 0 Å². The number of pyridine rings is 1. The van der Waals surface area contributed by atoms with Crippen molar-refractivity contribution in [3.05, 3.63) is 36.0 Å². The van der Waals surface area contributed by atoms with Gasteiger partial charge in [0.25, 0.3) is 0 Å². The summed E-state index contributed by atoms with van der Waals surface area (Å²) in [5, 5.41) is 3.39. The lowest BCUT2D eigenvalue weighted by Gasteiger charge is -2.41. The smallest absolute Gasteiger partial charge is 0.317 e. The molecule has 0 bridgehead atoms. The van der Waals surface area contributed by atoms with Gasteiger partial charge in [-0.25, -0.2) is 13.6 Å². The molecule has 5 nitrogen and oxygen atoms in total. The Kier molecular flexibility index (Phi) is 4.15. The Bertz CT molecular complexity index is 805. The summed E-state index contributed by atoms with van der Waals surface area (Å²) in [7, 11) is 0. The van der Waals surface area contributed by atoms with E-state index in [0.29, 0.717) is 5.39 Å². The number of piperidine rings is 1. The standard InChI is InChI=1S/C18H20F2N4O/c19-12-10-14-16(2-6-21-17(14)15(20)11-12)23-8-3-13(4-9-23)24-7-1-5-22-18(24)25/h2,6,10-11,13H,1,3-5,7-9H2,(H,22,25). The Morgan fingerprint density at radius 2 is 1.96 bits per heavy atom. The zero-order valence-electron chi connectivity index (χ0n) is 13.8. The van der Waals surface area contributed by atoms with Crippen LogP contribution >= 0.6 is 0 Å². The van der Waals surface area contributed by atoms with Crippen molar-refractivity contribution >= 4 is 22.6 Å². The van der Waals surface area contributed by atoms with Crippen molar-refractivity contribution in [2.75, 3.05) is 31.1 Å². The molecule has 0 spiro atoms. The van der Waals surface area contributed by atoms with Gasteiger partial charge < -0.3 is 15.1 Å². The molecule has 25 heavy (non-hydrogen) atoms. The molecule has 4 rings (SSSR count). The molecule has 0 saturated carbocycles. The number of urea groups is 1. The maximum Gasteiger partial charge on any atom is 0.317 e. The van der Waals surface area contributed by atoms with Crippen LogP contribution in [-0.4, -0.2) is 48.1 Å². The molecule has 7 heteroatoms. The second-order valence-electron chi connectivity index (χ2n) is 6.61. The average Bonchev–Trinajstić information content (AvgIpc) is 2.62. The lowest BCUT2D eigenvalue weighted by atomic mass is 10.0. The van der Waals surface area contributed by atoms with Crippen molar-refractivity contribution in [1.29, 1.82) is 0 Å². The topological polar surface area (TPSA) is 48.5 Å². The minimum Gasteiger partial charge on any atom is -0.371 e. The van der Waals surface area contributed by atoms with Gasteiger partial charge in [0.2, 0.25) is 0 Å². The molecule has 2 amide bonds. The number of carbonyl (C=O) groups is 1. The van der Waals surface area contributed by atoms with Crippen LogP contribution in [0.3, 0.4) is 0 Å². The van der Waals surface area contributed by atoms with Gasteiger partial charge in [-0.15, -0.1) is 0 Å². The van der Waals surface area contributed by atoms with E-state index in [0.717, 1.165) is 57.2 Å². The number of rotatable bonds is 2. The minimum absolute atomic E-state index is 0.0169. The lowest BCUT2D eigenvalue weighted by molar-refractivity contribution is 0.149. The molecule has 0 unspecified atom stereocenters. The molecular weight excluding hydrogens is 326 g/mol. The number of nitrogens with zero attached hydrogens (tertiary/aromatic N) is 3. The van der Waals surface area contributed by atoms with E-state index in [1.54, 1.807) is 12.3 Å². The van der Waals surface area contributed by atoms with E-state index in [1.807, 2.05) is 4.90 Å². The molecular formula is C18H20F2N4O. The van der Waals surface area contributed by atoms with Crippen LogP contribution in [0.25, 0.3) is 10.9 Å². The maximum atomic E-state index is 14.0. The molecule has 2 aliphatic rings. The highest BCUT2D eigenvalue weighted by Crippen LogP contribution is 2.30. The number of hydrogen-bond donors (Lipinski definition) is 1. The molecule has 2 saturated heterocycles. The molecule has 1 N–H and O–H groups in total. The van der Waals surface area contributed by atoms with Gasteiger partial charge in [0.05, 0.1) is 0 Å². The van der Waals surface area contributed by atoms with Crippen LogP contribution in [-0.2, 0) is 0 Å². The third-order valence-corrected chi connectivity index (χ3v) is 5.10. The van der Waals surface area contributed by atoms with Gasteiger partial charge in [-0.2, -0.15) is 0 Å². The van der Waals surface area contributed by atoms with Crippen LogP contribution in [0, 0.1) is 11.6 Å². The maximum absolute atomic E-state index is 14.0. The van der Waals surface area contributed by atoms with Crippen molar-refractivity contribution in [2.24, 2.45) is 0 Å². The second-order valence-corrected chi connectivity index (χ2v) is 6.61. The minimum atomic E-state index is -0.642. The Morgan fingerprint density at radius 3 is 2.72 bits per heavy atom. The molecule has 2 fully saturated rings. The number of hydrogen-bond acceptors (Lipinski definition) is 3. The van der Waals surface area contributed by atoms with Crippen LogP contribution in [0.15, 0.2) is 24.4 Å². The number of carbonyl (C=O) groups excluding carboxylic acids is 1. The number of halogens is 2. The van der Waals surface area contributed by atoms with Crippen LogP contribution in [0.1, 0.15) is 19.3 Å². The number of nitrogens with one attached hydrogen (secondary N) is 1. The fraction of sp³-hybridized carbons (Fsp3) is 0.444. The van der Waals surface area contributed by atoms with Crippen molar-refractivity contribution < 1.29 is 13.6 Å². The van der Waals surface area contributed by atoms with Crippen molar-refractivity contribution in [3.8, 4) is 0 Å². The van der Waals surface area contributed by atoms with E-state index in [-0.39, 0.29) is 17.6 Å². The number of anilines is 1. The van der Waals surface area contributed by atoms with Gasteiger partial charge in [-0.3, -0.25) is 4.98 Å². The summed E-state index contributed by atoms with van der Waals surface area (Å²) >= 11 is 0. The average molecular weight is 346 g/mol. The van der Waals surface area contributed by atoms with Gasteiger partial charge in [-0.05, 0) is 31.4 Å². The van der Waals surface area contributed by atoms with E-state index in [1.165, 1.54) is 6.07 Å². The van der Waals surface area contributed by atoms with E-state index >= 15 is 0 Å². The zero-order valence-corrected chi connectivity index (χ0v) is 13.8. The van der Waals surface area contributed by atoms with Crippen molar-refractivity contribution in [2.45, 2.75) is 25.3 Å². The highest BCUT2D eigenvalue weighted by molar-refractivity contribution is 5.92. The summed E-state index contributed by atoms with van der Waals surface area (Å²) in [6.07, 6.45) is 4.21. The fourth-order valence-electron chi connectivity index (χ4n) is 3.86. The third-order valence-electron chi connectivity index (χ3n) is 5.10. The summed E-state index contributed by atoms with van der Waals surface area (Å²) in [6, 6.07) is 4.24. The fourth-order valence-corrected chi connectivity index (χ4v) is 3.86. The first-order chi connectivity index (χ1) is 12.1. The first-order valence-electron chi connectivity index (χ1n) is 8.66. The highest BCUT2D eigenvalue weighted by Gasteiger charge is 2.30. The number of benzene rings is 1. The van der Waals surface area contributed by atoms with Crippen LogP contribution in [0.4, 0.5) is 19.3 Å². The summed E-state index contributed by atoms with van der Waals surface area (Å²) in [6.45, 7) is 3.02. The number of fused-ring (bicyclic) bond motifs is 1. The Balaban J connectivity index is 1.55. The lowest BCUT2D eigenvalue weighted by Crippen LogP contribution is -2.54. The Hall–Kier alpha value is -2.44. The highest BCUT2D eigenvalue weighted by atomic mass is 19.1. The third kappa shape index (κ3) is 2.99. The zero-order chi connectivity index (χ0) is 17.4. The van der Waals surface area contributed by atoms with Gasteiger partial charge in [0, 0.05) is 55.6 Å². The summed E-state index contributed by atoms with van der Waals surface area (Å²) < 4.78 is 27.6. The number of aromatic nitrogens is 1. The largest absolute Gasteiger partial charge is 0.371 e. The number of amides is 2. The van der Waals surface area contributed by atoms with Gasteiger partial charge in [-0.1, -0.05) is 0 Å². The van der Waals surface area contributed by atoms with Gasteiger partial charge in [0.1, 0.15) is 11.3 Å². The van der Waals surface area contributed by atoms with E-state index in [2.05, 4.69) is 15.2 Å². The summed E-state index contributed by atoms with van der Waals surface area (Å²) in [4.78, 5) is 20.1. The SMILES string of the molecule is O=C1NCCCN1C1CCN(c2ccnc3c(F)cc(F)cc23)CC1. The monoisotopic (exact) mass is 346 g/mol. The van der Waals surface area contributed by atoms with Crippen LogP contribution < -0.4 is 10.2 Å². The van der Waals surface area contributed by atoms with Crippen LogP contribution in [0.5, 0.6) is 0 Å². The molecule has 132 valence electrons. The van der Waals surface area contributed by atoms with Gasteiger partial charge >= 0.3 is 6.03 Å². The molecule has 2 aliphatic heterocycles. The quantitative estimate of drug-likeness (QED) is 0.910. The molecule has 1 aromatic heterocycles. The molecule has 1 aromatic carbocycles. The van der Waals surface area contributed by atoms with Crippen molar-refractivity contribution in [1.82, 2.24) is 15.2 Å². The molecule has 0 radical (unpaired) electrons. The molecule has 3 heterocycles. The molecule has 2 aromatic rings. The van der Waals surface area contributed by atoms with E-state index in [9.17, 15) is 13.6 Å². The molecule has 0 atom stereocenters. The first kappa shape index (κ1) is 16.1. The van der Waals surface area contributed by atoms with E-state index < -0.39 is 11.6 Å². The normalized spacial score (nSPS) is 19.4. The Morgan fingerprint density at radius 1 is 1.16 bits per heavy atom. The van der Waals surface area contributed by atoms with Gasteiger partial charge in [0.15, 0.2) is 5.82 Å². The summed E-state index contributed by atoms with van der Waals surface area (Å²) in [5.74, 6) is -1.24. The predicted octanol–water partition coefficient (Wildman–Crippen LogP) is 2.90. The second kappa shape index (κ2) is 6.46. The summed E-state index contributed by atoms with van der Waals surface area (Å²) in [5.41, 5.74) is 0.987. The first-order valence-corrected chi connectivity index (χ1v) is 8.66. The molecule has 0 aliphatic carbocycles. The predicted molar refractivity (Wildman–Crippen MR) is 91.6 cm³/mol. The van der Waals surface area contributed by atoms with Crippen LogP contribution in [0.2, 0.25) is 0 Å².